The fraction of sp³-hybridized carbons (Fsp3) is 0.418. The Balaban J connectivity index is 0.489. The summed E-state index contributed by atoms with van der Waals surface area (Å²) in [7, 11) is 7.89. The zero-order valence-electron chi connectivity index (χ0n) is 68.3. The van der Waals surface area contributed by atoms with Gasteiger partial charge in [-0.15, -0.1) is 21.5 Å². The number of nitrogens with two attached hydrogens (primary N) is 1. The molecule has 646 valence electrons. The number of anilines is 4. The second-order valence-electron chi connectivity index (χ2n) is 27.4. The molecule has 2 aromatic carbocycles. The van der Waals surface area contributed by atoms with E-state index in [2.05, 4.69) is 86.8 Å². The largest absolute Gasteiger partial charge is 0.491 e. The van der Waals surface area contributed by atoms with Crippen molar-refractivity contribution in [3.63, 3.8) is 0 Å². The zero-order valence-corrected chi connectivity index (χ0v) is 69.9. The van der Waals surface area contributed by atoms with Crippen LogP contribution in [0.5, 0.6) is 5.75 Å². The molecule has 10 amide bonds. The Morgan fingerprint density at radius 2 is 1.11 bits per heavy atom. The van der Waals surface area contributed by atoms with Gasteiger partial charge in [0.15, 0.2) is 23.3 Å². The van der Waals surface area contributed by atoms with E-state index >= 15 is 0 Å². The van der Waals surface area contributed by atoms with Crippen molar-refractivity contribution in [1.29, 1.82) is 0 Å². The number of primary amides is 1. The second kappa shape index (κ2) is 45.2. The second-order valence-corrected chi connectivity index (χ2v) is 29.1. The third-order valence-electron chi connectivity index (χ3n) is 18.5. The molecular formula is C79H99ClN22O18S. The number of rotatable bonds is 49. The Morgan fingerprint density at radius 1 is 0.521 bits per heavy atom. The van der Waals surface area contributed by atoms with E-state index in [1.165, 1.54) is 50.8 Å². The van der Waals surface area contributed by atoms with Crippen molar-refractivity contribution in [2.45, 2.75) is 52.5 Å². The van der Waals surface area contributed by atoms with E-state index in [1.54, 1.807) is 86.0 Å². The molecular weight excluding hydrogens is 1610 g/mol. The summed E-state index contributed by atoms with van der Waals surface area (Å²) in [4.78, 5) is 149. The number of imidazole rings is 3. The molecule has 9 aromatic rings. The Kier molecular flexibility index (Phi) is 34.0. The Labute approximate surface area is 704 Å². The summed E-state index contributed by atoms with van der Waals surface area (Å²) in [5, 5.41) is 34.7. The highest BCUT2D eigenvalue weighted by atomic mass is 35.5. The number of benzene rings is 2. The van der Waals surface area contributed by atoms with E-state index in [-0.39, 0.29) is 148 Å². The molecule has 0 radical (unpaired) electrons. The standard InChI is InChI=1S/C79H99ClN22O18S/c1-48-49(2)121-79-65(48)66(51-9-11-52(80)12-10-51)90-57(71-96-95-50(3)102(71)79)44-63(106)88-53-13-15-55(16-14-53)120-42-41-118-38-37-116-34-33-114-30-29-113-31-32-115-35-36-117-39-40-119-47-64(107)83-25-24-82-60(103)17-21-87-77(111)74-92-59(46-100(74)7)91-61(104)18-23-86-76(110)68-56(20-27-97(68)4)67-70(94-72(69(81)108)101(67)8)93-62(105)19-22-85-75(109)58-43-54(45-99(58)6)89-78(112)73-84-26-28-98(73)5/h9-16,20,26-28,43,45-46,57H,17-19,21-25,29-42,44,47H2,1-8H3,(H2,81,108)(H,82,103)(H,83,107)(H,85,109)(H,86,110)(H,87,111)(H,88,106)(H,89,112)(H,91,104)(H,93,105). The first-order valence-electron chi connectivity index (χ1n) is 38.7. The summed E-state index contributed by atoms with van der Waals surface area (Å²) in [6, 6.07) is 17.1. The minimum atomic E-state index is -0.921. The highest BCUT2D eigenvalue weighted by Crippen LogP contribution is 2.40. The topological polar surface area (TPSA) is 485 Å². The third kappa shape index (κ3) is 26.1. The maximum Gasteiger partial charge on any atom is 0.291 e. The number of amides is 10. The van der Waals surface area contributed by atoms with Crippen LogP contribution in [0.3, 0.4) is 0 Å². The molecule has 1 unspecified atom stereocenters. The van der Waals surface area contributed by atoms with Crippen LogP contribution in [-0.4, -0.2) is 249 Å². The third-order valence-corrected chi connectivity index (χ3v) is 19.9. The fourth-order valence-electron chi connectivity index (χ4n) is 12.4. The molecule has 121 heavy (non-hydrogen) atoms. The van der Waals surface area contributed by atoms with Crippen molar-refractivity contribution in [3.05, 3.63) is 159 Å². The summed E-state index contributed by atoms with van der Waals surface area (Å²) in [6.07, 6.45) is 7.13. The van der Waals surface area contributed by atoms with Gasteiger partial charge >= 0.3 is 0 Å². The van der Waals surface area contributed by atoms with E-state index in [0.717, 1.165) is 32.3 Å². The van der Waals surface area contributed by atoms with Crippen LogP contribution in [0.4, 0.5) is 23.0 Å². The molecule has 42 heteroatoms. The summed E-state index contributed by atoms with van der Waals surface area (Å²) >= 11 is 7.91. The molecule has 11 N–H and O–H groups in total. The van der Waals surface area contributed by atoms with Crippen molar-refractivity contribution in [2.24, 2.45) is 46.0 Å². The van der Waals surface area contributed by atoms with Crippen LogP contribution in [0.1, 0.15) is 118 Å². The first-order chi connectivity index (χ1) is 58.3. The van der Waals surface area contributed by atoms with Crippen LogP contribution in [0.2, 0.25) is 5.02 Å². The number of halogens is 1. The Bertz CT molecular complexity index is 5140. The number of thiophene rings is 1. The van der Waals surface area contributed by atoms with Crippen molar-refractivity contribution < 1.29 is 85.8 Å². The number of aliphatic imine (C=N–C) groups is 1. The van der Waals surface area contributed by atoms with Gasteiger partial charge in [0.25, 0.3) is 29.5 Å². The summed E-state index contributed by atoms with van der Waals surface area (Å²) in [5.41, 5.74) is 11.1. The molecule has 0 bridgehead atoms. The SMILES string of the molecule is Cc1sc2c(c1C)C(c1ccc(Cl)cc1)=NC(CC(=O)Nc1ccc(OCCOCCOCCOCCOCCOCCOCCOCC(=O)NCCNC(=O)CCNC(=O)c3nc(NC(=O)CCNC(=O)c4c(-c5c(NC(=O)CCNC(=O)c6cc(NC(=O)c7nccn7C)cn6C)nc(C(N)=O)n5C)ccn4C)cn3C)cc1)c1nnc(C)n1-2. The number of hydrogen-bond donors (Lipinski definition) is 10. The number of hydrogen-bond acceptors (Lipinski definition) is 25. The summed E-state index contributed by atoms with van der Waals surface area (Å²) < 4.78 is 53.9. The molecule has 40 nitrogen and oxygen atoms in total. The summed E-state index contributed by atoms with van der Waals surface area (Å²) in [5.74, 6) is -3.56. The van der Waals surface area contributed by atoms with E-state index in [4.69, 9.17) is 60.2 Å². The molecule has 0 fully saturated rings. The van der Waals surface area contributed by atoms with Crippen LogP contribution in [0.15, 0.2) is 96.6 Å². The van der Waals surface area contributed by atoms with Gasteiger partial charge in [-0.05, 0) is 74.9 Å². The lowest BCUT2D eigenvalue weighted by Gasteiger charge is -2.13. The highest BCUT2D eigenvalue weighted by Gasteiger charge is 2.34. The van der Waals surface area contributed by atoms with Gasteiger partial charge < -0.3 is 114 Å². The molecule has 0 saturated heterocycles. The molecule has 0 spiro atoms. The van der Waals surface area contributed by atoms with Gasteiger partial charge in [-0.3, -0.25) is 57.5 Å². The predicted molar refractivity (Wildman–Crippen MR) is 444 cm³/mol. The van der Waals surface area contributed by atoms with Gasteiger partial charge in [0.1, 0.15) is 47.2 Å². The van der Waals surface area contributed by atoms with Gasteiger partial charge in [0, 0.05) is 150 Å². The van der Waals surface area contributed by atoms with Crippen LogP contribution < -0.4 is 58.3 Å². The van der Waals surface area contributed by atoms with Gasteiger partial charge in [0.2, 0.25) is 41.2 Å². The van der Waals surface area contributed by atoms with E-state index < -0.39 is 47.4 Å². The molecule has 1 aliphatic rings. The summed E-state index contributed by atoms with van der Waals surface area (Å²) in [6.45, 7) is 10.7. The maximum atomic E-state index is 13.8. The fourth-order valence-corrected chi connectivity index (χ4v) is 13.7. The number of nitrogens with one attached hydrogen (secondary N) is 9. The minimum absolute atomic E-state index is 0.0428. The van der Waals surface area contributed by atoms with E-state index in [0.29, 0.717) is 113 Å². The Morgan fingerprint density at radius 3 is 1.73 bits per heavy atom. The lowest BCUT2D eigenvalue weighted by atomic mass is 9.99. The molecule has 0 aliphatic carbocycles. The van der Waals surface area contributed by atoms with Crippen molar-refractivity contribution >= 4 is 111 Å². The average Bonchev–Trinajstić information content (AvgIpc) is 1.59. The monoisotopic (exact) mass is 1710 g/mol. The number of nitrogens with zero attached hydrogens (tertiary/aromatic N) is 12. The smallest absolute Gasteiger partial charge is 0.291 e. The van der Waals surface area contributed by atoms with Crippen molar-refractivity contribution in [3.8, 4) is 22.0 Å². The lowest BCUT2D eigenvalue weighted by molar-refractivity contribution is -0.126. The van der Waals surface area contributed by atoms with Crippen LogP contribution in [-0.2, 0) is 92.4 Å². The van der Waals surface area contributed by atoms with Crippen LogP contribution in [0, 0.1) is 20.8 Å². The molecule has 0 saturated carbocycles. The van der Waals surface area contributed by atoms with Crippen molar-refractivity contribution in [2.75, 3.05) is 153 Å². The van der Waals surface area contributed by atoms with Crippen molar-refractivity contribution in [1.82, 2.24) is 79.1 Å². The first kappa shape index (κ1) is 91.0. The first-order valence-corrected chi connectivity index (χ1v) is 39.9. The molecule has 1 atom stereocenters. The molecule has 1 aliphatic heterocycles. The number of fused-ring (bicyclic) bond motifs is 3. The maximum absolute atomic E-state index is 13.8. The number of ether oxygens (including phenoxy) is 8. The number of aromatic nitrogens is 11. The van der Waals surface area contributed by atoms with Gasteiger partial charge in [-0.25, -0.2) is 15.0 Å². The van der Waals surface area contributed by atoms with E-state index in [9.17, 15) is 47.9 Å². The number of carbonyl (C=O) groups is 10. The van der Waals surface area contributed by atoms with Gasteiger partial charge in [-0.2, -0.15) is 0 Å². The van der Waals surface area contributed by atoms with Crippen LogP contribution in [0.25, 0.3) is 16.3 Å². The minimum Gasteiger partial charge on any atom is -0.491 e. The number of aryl methyl sites for hydroxylation is 6. The number of carbonyl (C=O) groups excluding carboxylic acids is 10. The zero-order chi connectivity index (χ0) is 86.5. The molecule has 10 rings (SSSR count). The predicted octanol–water partition coefficient (Wildman–Crippen LogP) is 3.79. The lowest BCUT2D eigenvalue weighted by Crippen LogP contribution is -2.37. The van der Waals surface area contributed by atoms with Crippen LogP contribution >= 0.6 is 22.9 Å². The molecule has 8 heterocycles. The quantitative estimate of drug-likeness (QED) is 0.0242. The highest BCUT2D eigenvalue weighted by molar-refractivity contribution is 7.15. The van der Waals surface area contributed by atoms with Gasteiger partial charge in [0.05, 0.1) is 109 Å². The molecule has 7 aromatic heterocycles. The van der Waals surface area contributed by atoms with E-state index in [1.807, 2.05) is 35.8 Å². The Hall–Kier alpha value is -12.4. The normalized spacial score (nSPS) is 12.2. The average molecular weight is 1710 g/mol. The van der Waals surface area contributed by atoms with Gasteiger partial charge in [-0.1, -0.05) is 23.7 Å².